The van der Waals surface area contributed by atoms with Gasteiger partial charge in [-0.2, -0.15) is 0 Å². The number of benzene rings is 3. The van der Waals surface area contributed by atoms with E-state index < -0.39 is 5.97 Å². The number of likely N-dealkylation sites (N-methyl/N-ethyl adjacent to an activating group) is 2. The molecule has 0 unspecified atom stereocenters. The molecule has 198 valence electrons. The molecule has 0 radical (unpaired) electrons. The zero-order valence-electron chi connectivity index (χ0n) is 22.2. The number of hydrogen-bond acceptors (Lipinski definition) is 6. The van der Waals surface area contributed by atoms with Crippen molar-refractivity contribution < 1.29 is 19.1 Å². The molecule has 0 saturated heterocycles. The van der Waals surface area contributed by atoms with E-state index in [2.05, 4.69) is 15.6 Å². The fraction of sp³-hybridized carbons (Fsp3) is 0.167. The van der Waals surface area contributed by atoms with Gasteiger partial charge in [-0.05, 0) is 74.3 Å². The van der Waals surface area contributed by atoms with Crippen LogP contribution in [0.4, 0.5) is 17.1 Å². The predicted octanol–water partition coefficient (Wildman–Crippen LogP) is 4.41. The van der Waals surface area contributed by atoms with E-state index in [1.807, 2.05) is 73.7 Å². The molecule has 5 rings (SSSR count). The number of ether oxygens (including phenoxy) is 1. The Kier molecular flexibility index (Phi) is 6.91. The molecule has 1 aliphatic heterocycles. The Balaban J connectivity index is 1.56. The highest BCUT2D eigenvalue weighted by molar-refractivity contribution is 6.37. The summed E-state index contributed by atoms with van der Waals surface area (Å²) < 4.78 is 4.83. The summed E-state index contributed by atoms with van der Waals surface area (Å²) in [4.78, 5) is 44.5. The first-order valence-corrected chi connectivity index (χ1v) is 12.4. The van der Waals surface area contributed by atoms with Crippen LogP contribution < -0.4 is 15.5 Å². The van der Waals surface area contributed by atoms with Gasteiger partial charge >= 0.3 is 5.97 Å². The van der Waals surface area contributed by atoms with Crippen LogP contribution in [0.25, 0.3) is 22.2 Å². The number of carbonyl (C=O) groups excluding carboxylic acids is 3. The molecule has 39 heavy (non-hydrogen) atoms. The highest BCUT2D eigenvalue weighted by Gasteiger charge is 2.29. The number of aromatic amines is 1. The zero-order valence-corrected chi connectivity index (χ0v) is 22.2. The number of nitrogens with zero attached hydrogens (tertiary/aromatic N) is 2. The third kappa shape index (κ3) is 5.12. The van der Waals surface area contributed by atoms with Crippen molar-refractivity contribution in [3.63, 3.8) is 0 Å². The summed E-state index contributed by atoms with van der Waals surface area (Å²) in [6.07, 6.45) is 1.87. The van der Waals surface area contributed by atoms with Gasteiger partial charge in [0.05, 0.1) is 36.2 Å². The average Bonchev–Trinajstić information content (AvgIpc) is 3.53. The monoisotopic (exact) mass is 523 g/mol. The van der Waals surface area contributed by atoms with Gasteiger partial charge in [-0.1, -0.05) is 12.1 Å². The minimum absolute atomic E-state index is 0.0196. The summed E-state index contributed by atoms with van der Waals surface area (Å²) in [5.41, 5.74) is 5.95. The lowest BCUT2D eigenvalue weighted by molar-refractivity contribution is -0.119. The van der Waals surface area contributed by atoms with Gasteiger partial charge in [-0.15, -0.1) is 0 Å². The number of anilines is 3. The van der Waals surface area contributed by atoms with Crippen molar-refractivity contribution in [2.45, 2.75) is 0 Å². The summed E-state index contributed by atoms with van der Waals surface area (Å²) in [6.45, 7) is 0.306. The van der Waals surface area contributed by atoms with Crippen molar-refractivity contribution in [2.24, 2.45) is 0 Å². The molecule has 0 fully saturated rings. The maximum atomic E-state index is 13.3. The maximum Gasteiger partial charge on any atom is 0.337 e. The zero-order chi connectivity index (χ0) is 27.7. The van der Waals surface area contributed by atoms with Gasteiger partial charge in [0.1, 0.15) is 0 Å². The maximum absolute atomic E-state index is 13.3. The smallest absolute Gasteiger partial charge is 0.337 e. The number of aromatic nitrogens is 1. The lowest BCUT2D eigenvalue weighted by Crippen LogP contribution is -2.34. The summed E-state index contributed by atoms with van der Waals surface area (Å²) in [5, 5.41) is 7.34. The van der Waals surface area contributed by atoms with Gasteiger partial charge in [0.2, 0.25) is 5.91 Å². The second-order valence-electron chi connectivity index (χ2n) is 9.60. The summed E-state index contributed by atoms with van der Waals surface area (Å²) in [6, 6.07) is 20.4. The molecule has 2 amide bonds. The molecule has 3 N–H and O–H groups in total. The van der Waals surface area contributed by atoms with Crippen molar-refractivity contribution in [3.05, 3.63) is 89.6 Å². The number of esters is 1. The van der Waals surface area contributed by atoms with Crippen LogP contribution >= 0.6 is 0 Å². The van der Waals surface area contributed by atoms with Crippen LogP contribution in [0.15, 0.2) is 72.9 Å². The number of nitrogens with one attached hydrogen (secondary N) is 3. The number of amides is 2. The molecule has 3 aromatic carbocycles. The fourth-order valence-electron chi connectivity index (χ4n) is 4.59. The molecule has 9 heteroatoms. The van der Waals surface area contributed by atoms with Gasteiger partial charge in [0.25, 0.3) is 5.91 Å². The van der Waals surface area contributed by atoms with Crippen LogP contribution in [0.5, 0.6) is 0 Å². The number of carbonyl (C=O) groups is 3. The number of hydrogen-bond donors (Lipinski definition) is 3. The molecule has 4 aromatic rings. The first kappa shape index (κ1) is 25.7. The molecule has 1 aromatic heterocycles. The predicted molar refractivity (Wildman–Crippen MR) is 154 cm³/mol. The van der Waals surface area contributed by atoms with Crippen molar-refractivity contribution >= 4 is 57.0 Å². The lowest BCUT2D eigenvalue weighted by Gasteiger charge is -2.20. The van der Waals surface area contributed by atoms with E-state index in [9.17, 15) is 14.4 Å². The summed E-state index contributed by atoms with van der Waals surface area (Å²) in [7, 11) is 6.77. The fourth-order valence-corrected chi connectivity index (χ4v) is 4.59. The lowest BCUT2D eigenvalue weighted by atomic mass is 9.98. The highest BCUT2D eigenvalue weighted by Crippen LogP contribution is 2.39. The van der Waals surface area contributed by atoms with E-state index in [1.54, 1.807) is 30.1 Å². The Morgan fingerprint density at radius 2 is 1.67 bits per heavy atom. The van der Waals surface area contributed by atoms with Crippen LogP contribution in [0.2, 0.25) is 0 Å². The third-order valence-electron chi connectivity index (χ3n) is 6.63. The number of H-pyrrole nitrogens is 1. The van der Waals surface area contributed by atoms with Crippen molar-refractivity contribution in [1.82, 2.24) is 9.88 Å². The molecular formula is C30H29N5O4. The normalized spacial score (nSPS) is 13.7. The minimum Gasteiger partial charge on any atom is -0.465 e. The molecule has 0 spiro atoms. The topological polar surface area (TPSA) is 107 Å². The largest absolute Gasteiger partial charge is 0.465 e. The molecule has 1 aliphatic rings. The summed E-state index contributed by atoms with van der Waals surface area (Å²) >= 11 is 0. The molecule has 2 heterocycles. The number of methoxy groups -OCH3 is 1. The summed E-state index contributed by atoms with van der Waals surface area (Å²) in [5.74, 6) is -0.780. The van der Waals surface area contributed by atoms with Gasteiger partial charge in [-0.25, -0.2) is 4.79 Å². The van der Waals surface area contributed by atoms with Crippen LogP contribution in [-0.4, -0.2) is 62.5 Å². The first-order chi connectivity index (χ1) is 18.7. The van der Waals surface area contributed by atoms with E-state index >= 15 is 0 Å². The molecule has 0 saturated carbocycles. The molecule has 0 atom stereocenters. The Hall–Kier alpha value is -4.89. The van der Waals surface area contributed by atoms with Gasteiger partial charge in [0.15, 0.2) is 0 Å². The van der Waals surface area contributed by atoms with Crippen LogP contribution in [-0.2, 0) is 14.3 Å². The standard InChI is InChI=1S/C30H29N5O4/c1-34(2)17-26(36)35(3)22-9-7-21(8-10-22)32-28(19-6-12-24-18(15-19)13-14-31-24)27-23-11-5-20(30(38)39-4)16-25(23)33-29(27)37/h5-16,31-32H,17H2,1-4H3,(H,33,37). The quantitative estimate of drug-likeness (QED) is 0.245. The Labute approximate surface area is 226 Å². The van der Waals surface area contributed by atoms with Crippen LogP contribution in [0.3, 0.4) is 0 Å². The highest BCUT2D eigenvalue weighted by atomic mass is 16.5. The number of fused-ring (bicyclic) bond motifs is 2. The average molecular weight is 524 g/mol. The van der Waals surface area contributed by atoms with Gasteiger partial charge in [-0.3, -0.25) is 9.59 Å². The molecule has 0 aliphatic carbocycles. The molecule has 0 bridgehead atoms. The second kappa shape index (κ2) is 10.5. The Morgan fingerprint density at radius 3 is 2.38 bits per heavy atom. The first-order valence-electron chi connectivity index (χ1n) is 12.4. The SMILES string of the molecule is COC(=O)c1ccc2c(c1)NC(=O)C2=C(Nc1ccc(N(C)C(=O)CN(C)C)cc1)c1ccc2[nH]ccc2c1. The van der Waals surface area contributed by atoms with Crippen LogP contribution in [0, 0.1) is 0 Å². The van der Waals surface area contributed by atoms with E-state index in [-0.39, 0.29) is 11.8 Å². The Bertz CT molecular complexity index is 1620. The number of rotatable bonds is 7. The molecule has 9 nitrogen and oxygen atoms in total. The minimum atomic E-state index is -0.477. The Morgan fingerprint density at radius 1 is 0.923 bits per heavy atom. The van der Waals surface area contributed by atoms with Gasteiger partial charge in [0, 0.05) is 41.1 Å². The van der Waals surface area contributed by atoms with E-state index in [0.717, 1.165) is 27.8 Å². The van der Waals surface area contributed by atoms with Crippen molar-refractivity contribution in [2.75, 3.05) is 50.3 Å². The molecular weight excluding hydrogens is 494 g/mol. The van der Waals surface area contributed by atoms with E-state index in [0.29, 0.717) is 34.6 Å². The van der Waals surface area contributed by atoms with Crippen LogP contribution in [0.1, 0.15) is 21.5 Å². The van der Waals surface area contributed by atoms with Gasteiger partial charge < -0.3 is 30.2 Å². The van der Waals surface area contributed by atoms with Crippen molar-refractivity contribution in [3.8, 4) is 0 Å². The third-order valence-corrected chi connectivity index (χ3v) is 6.63. The van der Waals surface area contributed by atoms with Crippen molar-refractivity contribution in [1.29, 1.82) is 0 Å². The van der Waals surface area contributed by atoms with E-state index in [1.165, 1.54) is 7.11 Å². The second-order valence-corrected chi connectivity index (χ2v) is 9.60. The van der Waals surface area contributed by atoms with E-state index in [4.69, 9.17) is 4.74 Å².